The Balaban J connectivity index is 1.91. The number of likely N-dealkylation sites (N-methyl/N-ethyl adjacent to an activating group) is 1. The highest BCUT2D eigenvalue weighted by atomic mass is 16.5. The molecule has 0 spiro atoms. The second kappa shape index (κ2) is 11.8. The van der Waals surface area contributed by atoms with Crippen LogP contribution in [0.4, 0.5) is 0 Å². The van der Waals surface area contributed by atoms with Gasteiger partial charge in [0.05, 0.1) is 26.9 Å². The molecule has 1 heterocycles. The molecule has 0 unspecified atom stereocenters. The van der Waals surface area contributed by atoms with Crippen LogP contribution in [0.25, 0.3) is 6.08 Å². The monoisotopic (exact) mass is 452 g/mol. The largest absolute Gasteiger partial charge is 0.493 e. The zero-order chi connectivity index (χ0) is 23.8. The summed E-state index contributed by atoms with van der Waals surface area (Å²) in [6.45, 7) is 6.72. The third kappa shape index (κ3) is 5.88. The third-order valence-corrected chi connectivity index (χ3v) is 6.26. The van der Waals surface area contributed by atoms with Crippen LogP contribution in [0.1, 0.15) is 48.2 Å². The molecule has 6 nitrogen and oxygen atoms in total. The first-order valence-electron chi connectivity index (χ1n) is 11.6. The number of benzene rings is 2. The minimum absolute atomic E-state index is 0.147. The van der Waals surface area contributed by atoms with E-state index in [2.05, 4.69) is 23.2 Å². The fourth-order valence-electron chi connectivity index (χ4n) is 4.60. The van der Waals surface area contributed by atoms with E-state index in [0.717, 1.165) is 42.6 Å². The van der Waals surface area contributed by atoms with Crippen molar-refractivity contribution in [1.29, 1.82) is 0 Å². The minimum Gasteiger partial charge on any atom is -0.493 e. The Morgan fingerprint density at radius 3 is 2.48 bits per heavy atom. The second-order valence-corrected chi connectivity index (χ2v) is 8.38. The molecule has 0 aromatic heterocycles. The van der Waals surface area contributed by atoms with Gasteiger partial charge in [0, 0.05) is 18.2 Å². The first kappa shape index (κ1) is 24.6. The van der Waals surface area contributed by atoms with Gasteiger partial charge < -0.3 is 24.4 Å². The lowest BCUT2D eigenvalue weighted by molar-refractivity contribution is 0.0954. The molecule has 0 radical (unpaired) electrons. The Morgan fingerprint density at radius 2 is 1.85 bits per heavy atom. The highest BCUT2D eigenvalue weighted by molar-refractivity contribution is 5.97. The number of carbonyl (C=O) groups excluding carboxylic acids is 1. The van der Waals surface area contributed by atoms with Gasteiger partial charge in [0.1, 0.15) is 0 Å². The summed E-state index contributed by atoms with van der Waals surface area (Å²) in [6.07, 6.45) is 5.07. The number of nitrogens with one attached hydrogen (secondary N) is 1. The average molecular weight is 453 g/mol. The quantitative estimate of drug-likeness (QED) is 0.572. The molecule has 0 aliphatic carbocycles. The van der Waals surface area contributed by atoms with Crippen molar-refractivity contribution in [2.24, 2.45) is 0 Å². The summed E-state index contributed by atoms with van der Waals surface area (Å²) in [4.78, 5) is 15.8. The Bertz CT molecular complexity index is 972. The van der Waals surface area contributed by atoms with E-state index in [-0.39, 0.29) is 5.91 Å². The van der Waals surface area contributed by atoms with Crippen molar-refractivity contribution in [3.63, 3.8) is 0 Å². The van der Waals surface area contributed by atoms with Crippen molar-refractivity contribution in [1.82, 2.24) is 10.2 Å². The number of nitrogens with zero attached hydrogens (tertiary/aromatic N) is 1. The smallest absolute Gasteiger partial charge is 0.252 e. The van der Waals surface area contributed by atoms with Crippen molar-refractivity contribution in [2.45, 2.75) is 39.2 Å². The molecule has 1 amide bonds. The topological polar surface area (TPSA) is 60.0 Å². The van der Waals surface area contributed by atoms with Gasteiger partial charge >= 0.3 is 0 Å². The van der Waals surface area contributed by atoms with Crippen LogP contribution in [0.5, 0.6) is 17.2 Å². The number of hydrogen-bond acceptors (Lipinski definition) is 5. The number of methoxy groups -OCH3 is 3. The number of likely N-dealkylation sites (tertiary alicyclic amines) is 1. The highest BCUT2D eigenvalue weighted by Crippen LogP contribution is 2.43. The second-order valence-electron chi connectivity index (χ2n) is 8.38. The van der Waals surface area contributed by atoms with Crippen LogP contribution in [-0.2, 0) is 6.42 Å². The van der Waals surface area contributed by atoms with E-state index in [1.165, 1.54) is 6.42 Å². The lowest BCUT2D eigenvalue weighted by atomic mass is 9.96. The molecule has 1 aliphatic rings. The van der Waals surface area contributed by atoms with Crippen LogP contribution >= 0.6 is 0 Å². The van der Waals surface area contributed by atoms with Crippen LogP contribution in [0, 0.1) is 0 Å². The summed E-state index contributed by atoms with van der Waals surface area (Å²) in [5, 5.41) is 3.08. The van der Waals surface area contributed by atoms with Gasteiger partial charge in [-0.15, -0.1) is 0 Å². The van der Waals surface area contributed by atoms with Gasteiger partial charge in [0.25, 0.3) is 5.91 Å². The van der Waals surface area contributed by atoms with Crippen molar-refractivity contribution < 1.29 is 19.0 Å². The molecular weight excluding hydrogens is 416 g/mol. The molecule has 1 atom stereocenters. The standard InChI is InChI=1S/C27H36N2O4/c1-6-29-14-10-13-21(29)16-22-23(17-24(31-3)26(33-5)25(22)32-4)27(30)28-18-19(2)15-20-11-8-7-9-12-20/h7-9,11-12,15,17,21H,6,10,13-14,16,18H2,1-5H3,(H,28,30)/t21-/m0/s1. The Kier molecular flexibility index (Phi) is 8.78. The van der Waals surface area contributed by atoms with Crippen molar-refractivity contribution in [3.05, 3.63) is 58.7 Å². The van der Waals surface area contributed by atoms with Crippen LogP contribution in [-0.4, -0.2) is 57.8 Å². The normalized spacial score (nSPS) is 16.5. The van der Waals surface area contributed by atoms with Crippen LogP contribution in [0.15, 0.2) is 42.0 Å². The fourth-order valence-corrected chi connectivity index (χ4v) is 4.60. The molecule has 3 rings (SSSR count). The maximum Gasteiger partial charge on any atom is 0.252 e. The first-order valence-corrected chi connectivity index (χ1v) is 11.6. The van der Waals surface area contributed by atoms with E-state index in [1.54, 1.807) is 27.4 Å². The molecule has 2 aromatic rings. The first-order chi connectivity index (χ1) is 16.0. The summed E-state index contributed by atoms with van der Waals surface area (Å²) >= 11 is 0. The maximum absolute atomic E-state index is 13.4. The van der Waals surface area contributed by atoms with Gasteiger partial charge in [-0.3, -0.25) is 4.79 Å². The Morgan fingerprint density at radius 1 is 1.12 bits per heavy atom. The molecule has 33 heavy (non-hydrogen) atoms. The van der Waals surface area contributed by atoms with Gasteiger partial charge in [0.2, 0.25) is 5.75 Å². The van der Waals surface area contributed by atoms with Gasteiger partial charge in [-0.25, -0.2) is 0 Å². The summed E-state index contributed by atoms with van der Waals surface area (Å²) in [5.41, 5.74) is 3.61. The molecule has 0 saturated carbocycles. The number of amides is 1. The lowest BCUT2D eigenvalue weighted by Crippen LogP contribution is -2.32. The van der Waals surface area contributed by atoms with E-state index in [0.29, 0.717) is 35.4 Å². The summed E-state index contributed by atoms with van der Waals surface area (Å²) in [6, 6.07) is 12.2. The molecule has 1 N–H and O–H groups in total. The van der Waals surface area contributed by atoms with Crippen molar-refractivity contribution in [2.75, 3.05) is 41.0 Å². The molecule has 2 aromatic carbocycles. The highest BCUT2D eigenvalue weighted by Gasteiger charge is 2.30. The molecule has 6 heteroatoms. The number of carbonyl (C=O) groups is 1. The van der Waals surface area contributed by atoms with E-state index in [9.17, 15) is 4.79 Å². The molecule has 178 valence electrons. The SMILES string of the molecule is CCN1CCC[C@H]1Cc1c(C(=O)NCC(C)=Cc2ccccc2)cc(OC)c(OC)c1OC. The predicted octanol–water partition coefficient (Wildman–Crippen LogP) is 4.57. The molecule has 1 saturated heterocycles. The zero-order valence-electron chi connectivity index (χ0n) is 20.4. The van der Waals surface area contributed by atoms with E-state index in [1.807, 2.05) is 37.3 Å². The molecule has 0 bridgehead atoms. The average Bonchev–Trinajstić information content (AvgIpc) is 3.29. The molecule has 1 fully saturated rings. The third-order valence-electron chi connectivity index (χ3n) is 6.26. The van der Waals surface area contributed by atoms with Crippen molar-refractivity contribution in [3.8, 4) is 17.2 Å². The van der Waals surface area contributed by atoms with E-state index >= 15 is 0 Å². The van der Waals surface area contributed by atoms with Crippen LogP contribution in [0.2, 0.25) is 0 Å². The fraction of sp³-hybridized carbons (Fsp3) is 0.444. The lowest BCUT2D eigenvalue weighted by Gasteiger charge is -2.26. The number of ether oxygens (including phenoxy) is 3. The maximum atomic E-state index is 13.4. The zero-order valence-corrected chi connectivity index (χ0v) is 20.4. The van der Waals surface area contributed by atoms with E-state index in [4.69, 9.17) is 14.2 Å². The van der Waals surface area contributed by atoms with Gasteiger partial charge in [-0.05, 0) is 50.9 Å². The summed E-state index contributed by atoms with van der Waals surface area (Å²) in [7, 11) is 4.78. The molecular formula is C27H36N2O4. The predicted molar refractivity (Wildman–Crippen MR) is 132 cm³/mol. The summed E-state index contributed by atoms with van der Waals surface area (Å²) < 4.78 is 16.9. The number of rotatable bonds is 10. The summed E-state index contributed by atoms with van der Waals surface area (Å²) in [5.74, 6) is 1.43. The van der Waals surface area contributed by atoms with E-state index < -0.39 is 0 Å². The van der Waals surface area contributed by atoms with Gasteiger partial charge in [-0.2, -0.15) is 0 Å². The van der Waals surface area contributed by atoms with Crippen molar-refractivity contribution >= 4 is 12.0 Å². The minimum atomic E-state index is -0.147. The molecule has 1 aliphatic heterocycles. The Labute approximate surface area is 197 Å². The van der Waals surface area contributed by atoms with Crippen LogP contribution in [0.3, 0.4) is 0 Å². The number of hydrogen-bond donors (Lipinski definition) is 1. The van der Waals surface area contributed by atoms with Gasteiger partial charge in [-0.1, -0.05) is 48.9 Å². The Hall–Kier alpha value is -2.99. The van der Waals surface area contributed by atoms with Gasteiger partial charge in [0.15, 0.2) is 11.5 Å². The van der Waals surface area contributed by atoms with Crippen LogP contribution < -0.4 is 19.5 Å².